The van der Waals surface area contributed by atoms with Crippen molar-refractivity contribution >= 4 is 21.6 Å². The molecule has 0 aliphatic carbocycles. The summed E-state index contributed by atoms with van der Waals surface area (Å²) in [5, 5.41) is 21.3. The number of oxime groups is 1. The third kappa shape index (κ3) is 1.76. The third-order valence-electron chi connectivity index (χ3n) is 1.46. The molecule has 0 bridgehead atoms. The Morgan fingerprint density at radius 3 is 2.58 bits per heavy atom. The minimum Gasteiger partial charge on any atom is -0.507 e. The molecule has 64 valence electrons. The molecule has 4 heteroatoms. The molecule has 0 spiro atoms. The molecule has 2 N–H and O–H groups in total. The topological polar surface area (TPSA) is 52.8 Å². The minimum atomic E-state index is 0.116. The van der Waals surface area contributed by atoms with Crippen LogP contribution in [0.4, 0.5) is 0 Å². The van der Waals surface area contributed by atoms with Crippen LogP contribution in [-0.4, -0.2) is 21.4 Å². The Kier molecular flexibility index (Phi) is 3.10. The average Bonchev–Trinajstić information content (AvgIpc) is 2.10. The van der Waals surface area contributed by atoms with Crippen LogP contribution in [0.25, 0.3) is 0 Å². The Hall–Kier alpha value is -1.03. The average molecular weight is 230 g/mol. The number of aromatic hydroxyl groups is 1. The first-order valence-corrected chi connectivity index (χ1v) is 4.47. The summed E-state index contributed by atoms with van der Waals surface area (Å²) in [7, 11) is 0. The Morgan fingerprint density at radius 1 is 1.42 bits per heavy atom. The van der Waals surface area contributed by atoms with Crippen molar-refractivity contribution in [1.82, 2.24) is 0 Å². The monoisotopic (exact) mass is 229 g/mol. The van der Waals surface area contributed by atoms with Crippen molar-refractivity contribution in [2.24, 2.45) is 5.16 Å². The van der Waals surface area contributed by atoms with Crippen LogP contribution in [0.1, 0.15) is 5.56 Å². The smallest absolute Gasteiger partial charge is 0.124 e. The maximum absolute atomic E-state index is 9.33. The summed E-state index contributed by atoms with van der Waals surface area (Å²) in [5.74, 6) is 0.116. The maximum Gasteiger partial charge on any atom is 0.124 e. The lowest BCUT2D eigenvalue weighted by atomic mass is 10.1. The molecule has 0 unspecified atom stereocenters. The van der Waals surface area contributed by atoms with Crippen molar-refractivity contribution in [3.8, 4) is 5.75 Å². The molecule has 3 nitrogen and oxygen atoms in total. The fourth-order valence-corrected chi connectivity index (χ4v) is 1.28. The van der Waals surface area contributed by atoms with Gasteiger partial charge in [0.25, 0.3) is 0 Å². The Bertz CT molecular complexity index is 299. The Labute approximate surface area is 78.5 Å². The van der Waals surface area contributed by atoms with Crippen LogP contribution in [0.5, 0.6) is 5.75 Å². The van der Waals surface area contributed by atoms with E-state index in [1.807, 2.05) is 0 Å². The van der Waals surface area contributed by atoms with Crippen LogP contribution in [0, 0.1) is 0 Å². The number of halogens is 1. The van der Waals surface area contributed by atoms with Gasteiger partial charge >= 0.3 is 0 Å². The molecule has 0 fully saturated rings. The largest absolute Gasteiger partial charge is 0.507 e. The molecule has 0 aromatic heterocycles. The van der Waals surface area contributed by atoms with Crippen molar-refractivity contribution in [2.45, 2.75) is 0 Å². The van der Waals surface area contributed by atoms with Crippen LogP contribution >= 0.6 is 15.9 Å². The van der Waals surface area contributed by atoms with Gasteiger partial charge in [-0.1, -0.05) is 33.2 Å². The van der Waals surface area contributed by atoms with Gasteiger partial charge < -0.3 is 10.3 Å². The van der Waals surface area contributed by atoms with E-state index < -0.39 is 0 Å². The second-order valence-corrected chi connectivity index (χ2v) is 2.76. The molecule has 0 atom stereocenters. The molecule has 0 amide bonds. The predicted octanol–water partition coefficient (Wildman–Crippen LogP) is 1.97. The summed E-state index contributed by atoms with van der Waals surface area (Å²) in [6, 6.07) is 6.71. The number of phenolic OH excluding ortho intramolecular Hbond substituents is 1. The molecule has 0 aliphatic heterocycles. The lowest BCUT2D eigenvalue weighted by Gasteiger charge is -2.02. The predicted molar refractivity (Wildman–Crippen MR) is 50.2 cm³/mol. The van der Waals surface area contributed by atoms with Gasteiger partial charge in [0.15, 0.2) is 0 Å². The van der Waals surface area contributed by atoms with Crippen molar-refractivity contribution in [1.29, 1.82) is 0 Å². The summed E-state index contributed by atoms with van der Waals surface area (Å²) in [6.07, 6.45) is 0. The lowest BCUT2D eigenvalue weighted by molar-refractivity contribution is 0.319. The number of hydrogen-bond acceptors (Lipinski definition) is 3. The highest BCUT2D eigenvalue weighted by molar-refractivity contribution is 9.09. The van der Waals surface area contributed by atoms with Crippen molar-refractivity contribution in [3.05, 3.63) is 29.8 Å². The van der Waals surface area contributed by atoms with E-state index in [4.69, 9.17) is 5.21 Å². The number of alkyl halides is 1. The molecule has 0 radical (unpaired) electrons. The van der Waals surface area contributed by atoms with E-state index >= 15 is 0 Å². The van der Waals surface area contributed by atoms with Gasteiger partial charge in [-0.15, -0.1) is 0 Å². The fraction of sp³-hybridized carbons (Fsp3) is 0.125. The highest BCUT2D eigenvalue weighted by Gasteiger charge is 2.06. The summed E-state index contributed by atoms with van der Waals surface area (Å²) in [4.78, 5) is 0. The number of rotatable bonds is 2. The minimum absolute atomic E-state index is 0.116. The normalized spacial score (nSPS) is 11.6. The SMILES string of the molecule is ON=C(CBr)c1ccccc1O. The summed E-state index contributed by atoms with van der Waals surface area (Å²) in [5.41, 5.74) is 0.949. The van der Waals surface area contributed by atoms with Crippen LogP contribution in [0.15, 0.2) is 29.4 Å². The van der Waals surface area contributed by atoms with Crippen LogP contribution in [-0.2, 0) is 0 Å². The van der Waals surface area contributed by atoms with Gasteiger partial charge in [-0.25, -0.2) is 0 Å². The zero-order chi connectivity index (χ0) is 8.97. The molecule has 1 aromatic rings. The molecular formula is C8H8BrNO2. The third-order valence-corrected chi connectivity index (χ3v) is 1.99. The second kappa shape index (κ2) is 4.11. The Morgan fingerprint density at radius 2 is 2.08 bits per heavy atom. The van der Waals surface area contributed by atoms with Crippen molar-refractivity contribution in [2.75, 3.05) is 5.33 Å². The number of para-hydroxylation sites is 1. The van der Waals surface area contributed by atoms with Crippen LogP contribution < -0.4 is 0 Å². The van der Waals surface area contributed by atoms with Gasteiger partial charge in [-0.3, -0.25) is 0 Å². The fourth-order valence-electron chi connectivity index (χ4n) is 0.870. The molecule has 1 rings (SSSR count). The first-order valence-electron chi connectivity index (χ1n) is 3.35. The number of nitrogens with zero attached hydrogens (tertiary/aromatic N) is 1. The van der Waals surface area contributed by atoms with Gasteiger partial charge in [0, 0.05) is 10.9 Å². The highest BCUT2D eigenvalue weighted by Crippen LogP contribution is 2.17. The molecule has 12 heavy (non-hydrogen) atoms. The number of phenols is 1. The lowest BCUT2D eigenvalue weighted by Crippen LogP contribution is -2.01. The molecule has 0 heterocycles. The molecule has 0 saturated heterocycles. The Balaban J connectivity index is 3.10. The van der Waals surface area contributed by atoms with Crippen molar-refractivity contribution < 1.29 is 10.3 Å². The molecular weight excluding hydrogens is 222 g/mol. The van der Waals surface area contributed by atoms with E-state index in [0.29, 0.717) is 16.6 Å². The van der Waals surface area contributed by atoms with E-state index in [2.05, 4.69) is 21.1 Å². The zero-order valence-corrected chi connectivity index (χ0v) is 7.82. The van der Waals surface area contributed by atoms with Gasteiger partial charge in [-0.2, -0.15) is 0 Å². The standard InChI is InChI=1S/C8H8BrNO2/c9-5-7(10-12)6-3-1-2-4-8(6)11/h1-4,11-12H,5H2. The maximum atomic E-state index is 9.33. The highest BCUT2D eigenvalue weighted by atomic mass is 79.9. The van der Waals surface area contributed by atoms with E-state index in [1.54, 1.807) is 24.3 Å². The summed E-state index contributed by atoms with van der Waals surface area (Å²) < 4.78 is 0. The molecule has 1 aromatic carbocycles. The molecule has 0 aliphatic rings. The van der Waals surface area contributed by atoms with E-state index in [-0.39, 0.29) is 5.75 Å². The van der Waals surface area contributed by atoms with E-state index in [1.165, 1.54) is 0 Å². The van der Waals surface area contributed by atoms with Gasteiger partial charge in [-0.05, 0) is 12.1 Å². The zero-order valence-electron chi connectivity index (χ0n) is 6.24. The summed E-state index contributed by atoms with van der Waals surface area (Å²) >= 11 is 3.14. The first kappa shape index (κ1) is 9.06. The quantitative estimate of drug-likeness (QED) is 0.353. The number of hydrogen-bond donors (Lipinski definition) is 2. The van der Waals surface area contributed by atoms with Crippen LogP contribution in [0.3, 0.4) is 0 Å². The van der Waals surface area contributed by atoms with Crippen molar-refractivity contribution in [3.63, 3.8) is 0 Å². The second-order valence-electron chi connectivity index (χ2n) is 2.20. The van der Waals surface area contributed by atoms with Gasteiger partial charge in [0.1, 0.15) is 11.5 Å². The molecule has 0 saturated carbocycles. The van der Waals surface area contributed by atoms with Gasteiger partial charge in [0.2, 0.25) is 0 Å². The first-order chi connectivity index (χ1) is 5.79. The van der Waals surface area contributed by atoms with E-state index in [9.17, 15) is 5.11 Å². The van der Waals surface area contributed by atoms with E-state index in [0.717, 1.165) is 0 Å². The van der Waals surface area contributed by atoms with Gasteiger partial charge in [0.05, 0.1) is 0 Å². The summed E-state index contributed by atoms with van der Waals surface area (Å²) in [6.45, 7) is 0. The van der Waals surface area contributed by atoms with Crippen LogP contribution in [0.2, 0.25) is 0 Å². The number of benzene rings is 1.